The molecule has 1 aromatic rings. The predicted molar refractivity (Wildman–Crippen MR) is 79.6 cm³/mol. The predicted octanol–water partition coefficient (Wildman–Crippen LogP) is 2.04. The molecule has 114 valence electrons. The summed E-state index contributed by atoms with van der Waals surface area (Å²) in [4.78, 5) is 22.6. The van der Waals surface area contributed by atoms with Gasteiger partial charge in [-0.1, -0.05) is 18.6 Å². The van der Waals surface area contributed by atoms with Gasteiger partial charge in [-0.25, -0.2) is 0 Å². The number of rotatable bonds is 4. The summed E-state index contributed by atoms with van der Waals surface area (Å²) in [7, 11) is 0. The van der Waals surface area contributed by atoms with Crippen molar-refractivity contribution >= 4 is 11.6 Å². The molecule has 6 heteroatoms. The quantitative estimate of drug-likeness (QED) is 0.655. The van der Waals surface area contributed by atoms with Gasteiger partial charge in [0, 0.05) is 30.1 Å². The smallest absolute Gasteiger partial charge is 0.272 e. The molecular weight excluding hydrogens is 270 g/mol. The molecule has 2 rings (SSSR count). The van der Waals surface area contributed by atoms with E-state index in [1.807, 2.05) is 0 Å². The first-order valence-electron chi connectivity index (χ1n) is 7.25. The molecule has 1 aliphatic carbocycles. The van der Waals surface area contributed by atoms with Gasteiger partial charge in [0.25, 0.3) is 5.69 Å². The van der Waals surface area contributed by atoms with E-state index in [0.717, 1.165) is 31.2 Å². The number of hydrogen-bond acceptors (Lipinski definition) is 4. The van der Waals surface area contributed by atoms with E-state index >= 15 is 0 Å². The number of nitrogens with zero attached hydrogens (tertiary/aromatic N) is 1. The second kappa shape index (κ2) is 6.67. The van der Waals surface area contributed by atoms with Gasteiger partial charge in [0.05, 0.1) is 4.92 Å². The lowest BCUT2D eigenvalue weighted by atomic mass is 9.85. The number of nitro groups is 1. The van der Waals surface area contributed by atoms with E-state index in [2.05, 4.69) is 5.32 Å². The molecule has 1 amide bonds. The van der Waals surface area contributed by atoms with Crippen molar-refractivity contribution in [3.8, 4) is 0 Å². The van der Waals surface area contributed by atoms with E-state index < -0.39 is 4.92 Å². The zero-order chi connectivity index (χ0) is 15.4. The Morgan fingerprint density at radius 3 is 2.90 bits per heavy atom. The first-order valence-corrected chi connectivity index (χ1v) is 7.25. The van der Waals surface area contributed by atoms with Crippen LogP contribution in [0, 0.1) is 23.0 Å². The minimum Gasteiger partial charge on any atom is -0.352 e. The highest BCUT2D eigenvalue weighted by atomic mass is 16.6. The normalized spacial score (nSPS) is 21.8. The third-order valence-electron chi connectivity index (χ3n) is 4.15. The fourth-order valence-electron chi connectivity index (χ4n) is 2.85. The van der Waals surface area contributed by atoms with Crippen molar-refractivity contribution in [1.29, 1.82) is 0 Å². The molecule has 0 aliphatic heterocycles. The van der Waals surface area contributed by atoms with Crippen LogP contribution in [0.3, 0.4) is 0 Å². The highest BCUT2D eigenvalue weighted by Gasteiger charge is 2.25. The molecule has 6 nitrogen and oxygen atoms in total. The average Bonchev–Trinajstić information content (AvgIpc) is 2.45. The summed E-state index contributed by atoms with van der Waals surface area (Å²) >= 11 is 0. The third kappa shape index (κ3) is 3.78. The molecule has 21 heavy (non-hydrogen) atoms. The SMILES string of the molecule is Cc1c(CNC(=O)C2CCCC(N)C2)cccc1[N+](=O)[O-]. The number of carbonyl (C=O) groups is 1. The zero-order valence-corrected chi connectivity index (χ0v) is 12.2. The van der Waals surface area contributed by atoms with E-state index in [1.165, 1.54) is 6.07 Å². The molecule has 0 aromatic heterocycles. The Hall–Kier alpha value is -1.95. The van der Waals surface area contributed by atoms with Gasteiger partial charge in [-0.05, 0) is 31.7 Å². The molecule has 1 aliphatic rings. The van der Waals surface area contributed by atoms with Crippen molar-refractivity contribution in [2.75, 3.05) is 0 Å². The zero-order valence-electron chi connectivity index (χ0n) is 12.2. The second-order valence-corrected chi connectivity index (χ2v) is 5.66. The molecule has 1 saturated carbocycles. The topological polar surface area (TPSA) is 98.3 Å². The van der Waals surface area contributed by atoms with E-state index in [4.69, 9.17) is 5.73 Å². The van der Waals surface area contributed by atoms with Gasteiger partial charge in [-0.15, -0.1) is 0 Å². The van der Waals surface area contributed by atoms with Crippen LogP contribution >= 0.6 is 0 Å². The standard InChI is InChI=1S/C15H21N3O3/c1-10-12(5-3-7-14(10)18(20)21)9-17-15(19)11-4-2-6-13(16)8-11/h3,5,7,11,13H,2,4,6,8-9,16H2,1H3,(H,17,19). The Kier molecular flexibility index (Phi) is 4.90. The molecule has 0 heterocycles. The van der Waals surface area contributed by atoms with Crippen LogP contribution in [-0.2, 0) is 11.3 Å². The Balaban J connectivity index is 1.98. The highest BCUT2D eigenvalue weighted by Crippen LogP contribution is 2.24. The summed E-state index contributed by atoms with van der Waals surface area (Å²) in [6.45, 7) is 2.02. The number of hydrogen-bond donors (Lipinski definition) is 2. The first-order chi connectivity index (χ1) is 9.99. The molecule has 1 aromatic carbocycles. The van der Waals surface area contributed by atoms with Crippen LogP contribution < -0.4 is 11.1 Å². The molecule has 0 radical (unpaired) electrons. The summed E-state index contributed by atoms with van der Waals surface area (Å²) in [6.07, 6.45) is 3.55. The summed E-state index contributed by atoms with van der Waals surface area (Å²) < 4.78 is 0. The van der Waals surface area contributed by atoms with E-state index in [9.17, 15) is 14.9 Å². The van der Waals surface area contributed by atoms with Crippen LogP contribution in [0.15, 0.2) is 18.2 Å². The highest BCUT2D eigenvalue weighted by molar-refractivity contribution is 5.78. The van der Waals surface area contributed by atoms with E-state index in [-0.39, 0.29) is 23.6 Å². The van der Waals surface area contributed by atoms with Crippen LogP contribution in [0.4, 0.5) is 5.69 Å². The van der Waals surface area contributed by atoms with Gasteiger partial charge in [0.15, 0.2) is 0 Å². The second-order valence-electron chi connectivity index (χ2n) is 5.66. The summed E-state index contributed by atoms with van der Waals surface area (Å²) in [6, 6.07) is 5.02. The molecular formula is C15H21N3O3. The molecule has 1 fully saturated rings. The van der Waals surface area contributed by atoms with Crippen molar-refractivity contribution in [2.24, 2.45) is 11.7 Å². The van der Waals surface area contributed by atoms with Crippen LogP contribution in [0.1, 0.15) is 36.8 Å². The Labute approximate surface area is 123 Å². The van der Waals surface area contributed by atoms with Crippen LogP contribution in [0.5, 0.6) is 0 Å². The lowest BCUT2D eigenvalue weighted by molar-refractivity contribution is -0.385. The molecule has 0 spiro atoms. The van der Waals surface area contributed by atoms with Crippen molar-refractivity contribution in [3.05, 3.63) is 39.4 Å². The van der Waals surface area contributed by atoms with E-state index in [0.29, 0.717) is 12.1 Å². The summed E-state index contributed by atoms with van der Waals surface area (Å²) in [5.74, 6) is -0.0381. The average molecular weight is 291 g/mol. The Morgan fingerprint density at radius 2 is 2.24 bits per heavy atom. The largest absolute Gasteiger partial charge is 0.352 e. The van der Waals surface area contributed by atoms with Crippen molar-refractivity contribution < 1.29 is 9.72 Å². The van der Waals surface area contributed by atoms with Gasteiger partial charge in [-0.3, -0.25) is 14.9 Å². The number of nitrogens with one attached hydrogen (secondary N) is 1. The van der Waals surface area contributed by atoms with Crippen molar-refractivity contribution in [1.82, 2.24) is 5.32 Å². The molecule has 0 bridgehead atoms. The van der Waals surface area contributed by atoms with Crippen molar-refractivity contribution in [2.45, 2.75) is 45.2 Å². The van der Waals surface area contributed by atoms with Gasteiger partial charge < -0.3 is 11.1 Å². The van der Waals surface area contributed by atoms with Crippen molar-refractivity contribution in [3.63, 3.8) is 0 Å². The minimum atomic E-state index is -0.402. The fraction of sp³-hybridized carbons (Fsp3) is 0.533. The molecule has 2 unspecified atom stereocenters. The molecule has 0 saturated heterocycles. The van der Waals surface area contributed by atoms with Gasteiger partial charge in [0.2, 0.25) is 5.91 Å². The van der Waals surface area contributed by atoms with Gasteiger partial charge in [-0.2, -0.15) is 0 Å². The number of nitrogens with two attached hydrogens (primary N) is 1. The maximum atomic E-state index is 12.1. The number of nitro benzene ring substituents is 1. The van der Waals surface area contributed by atoms with Crippen LogP contribution in [0.25, 0.3) is 0 Å². The molecule has 2 atom stereocenters. The van der Waals surface area contributed by atoms with Gasteiger partial charge in [0.1, 0.15) is 0 Å². The number of amides is 1. The maximum Gasteiger partial charge on any atom is 0.272 e. The first kappa shape index (κ1) is 15.4. The summed E-state index contributed by atoms with van der Waals surface area (Å²) in [5, 5.41) is 13.8. The fourth-order valence-corrected chi connectivity index (χ4v) is 2.85. The summed E-state index contributed by atoms with van der Waals surface area (Å²) in [5.41, 5.74) is 7.35. The lowest BCUT2D eigenvalue weighted by Gasteiger charge is -2.25. The van der Waals surface area contributed by atoms with Crippen LogP contribution in [-0.4, -0.2) is 16.9 Å². The number of benzene rings is 1. The van der Waals surface area contributed by atoms with Crippen LogP contribution in [0.2, 0.25) is 0 Å². The maximum absolute atomic E-state index is 12.1. The lowest BCUT2D eigenvalue weighted by Crippen LogP contribution is -2.37. The third-order valence-corrected chi connectivity index (χ3v) is 4.15. The van der Waals surface area contributed by atoms with Gasteiger partial charge >= 0.3 is 0 Å². The minimum absolute atomic E-state index is 0.00365. The molecule has 3 N–H and O–H groups in total. The Morgan fingerprint density at radius 1 is 1.48 bits per heavy atom. The monoisotopic (exact) mass is 291 g/mol. The Bertz CT molecular complexity index is 545. The number of carbonyl (C=O) groups excluding carboxylic acids is 1. The van der Waals surface area contributed by atoms with E-state index in [1.54, 1.807) is 19.1 Å².